The Morgan fingerprint density at radius 2 is 1.95 bits per heavy atom. The highest BCUT2D eigenvalue weighted by Gasteiger charge is 2.33. The lowest BCUT2D eigenvalue weighted by Gasteiger charge is -2.24. The minimum atomic E-state index is -3.75. The number of aromatic nitrogens is 3. The van der Waals surface area contributed by atoms with Crippen molar-refractivity contribution in [3.8, 4) is 11.8 Å². The fourth-order valence-electron chi connectivity index (χ4n) is 5.08. The third kappa shape index (κ3) is 4.47. The Kier molecular flexibility index (Phi) is 6.48. The van der Waals surface area contributed by atoms with Crippen molar-refractivity contribution in [2.75, 3.05) is 6.54 Å². The van der Waals surface area contributed by atoms with Gasteiger partial charge in [-0.05, 0) is 66.8 Å². The molecular weight excluding hydrogens is 486 g/mol. The second-order valence-electron chi connectivity index (χ2n) is 9.63. The Labute approximate surface area is 217 Å². The number of fused-ring (bicyclic) bond motifs is 2. The zero-order valence-electron chi connectivity index (χ0n) is 21.3. The van der Waals surface area contributed by atoms with Crippen LogP contribution in [0.3, 0.4) is 0 Å². The second kappa shape index (κ2) is 9.61. The lowest BCUT2D eigenvalue weighted by Crippen LogP contribution is -2.35. The summed E-state index contributed by atoms with van der Waals surface area (Å²) in [5.74, 6) is 0.200. The summed E-state index contributed by atoms with van der Waals surface area (Å²) in [6, 6.07) is 19.2. The van der Waals surface area contributed by atoms with E-state index in [0.29, 0.717) is 5.75 Å². The van der Waals surface area contributed by atoms with E-state index >= 15 is 0 Å². The van der Waals surface area contributed by atoms with E-state index in [0.717, 1.165) is 38.9 Å². The number of para-hydroxylation sites is 1. The van der Waals surface area contributed by atoms with Crippen LogP contribution in [0.2, 0.25) is 0 Å². The molecule has 2 atom stereocenters. The summed E-state index contributed by atoms with van der Waals surface area (Å²) in [5, 5.41) is 18.1. The molecule has 4 aromatic rings. The van der Waals surface area contributed by atoms with Crippen LogP contribution in [-0.4, -0.2) is 40.4 Å². The third-order valence-corrected chi connectivity index (χ3v) is 8.98. The van der Waals surface area contributed by atoms with E-state index in [2.05, 4.69) is 16.4 Å². The number of rotatable bonds is 5. The molecule has 37 heavy (non-hydrogen) atoms. The Hall–Kier alpha value is -3.74. The van der Waals surface area contributed by atoms with E-state index in [1.165, 1.54) is 4.31 Å². The number of nitriles is 1. The number of hydrogen-bond acceptors (Lipinski definition) is 6. The van der Waals surface area contributed by atoms with Crippen molar-refractivity contribution in [2.24, 2.45) is 7.05 Å². The average Bonchev–Trinajstić information content (AvgIpc) is 3.21. The summed E-state index contributed by atoms with van der Waals surface area (Å²) in [7, 11) is -1.90. The smallest absolute Gasteiger partial charge is 0.247 e. The predicted molar refractivity (Wildman–Crippen MR) is 141 cm³/mol. The van der Waals surface area contributed by atoms with Crippen LogP contribution in [-0.2, 0) is 23.6 Å². The van der Waals surface area contributed by atoms with Gasteiger partial charge in [0.05, 0.1) is 18.1 Å². The standard InChI is InChI=1S/C28H29N5O3S/c1-18-9-10-21(24(13-14-29)23-11-12-25-28(20(23)3)30-31-32(25)4)15-22(18)17-33-16-19(2)36-26-7-5-6-8-27(26)37(33,34)35/h5-12,15,19,24H,13,16-17H2,1-4H3/t19-,24?/m1/s1. The van der Waals surface area contributed by atoms with Crippen LogP contribution in [0.5, 0.6) is 5.75 Å². The lowest BCUT2D eigenvalue weighted by molar-refractivity contribution is 0.190. The first-order valence-corrected chi connectivity index (χ1v) is 13.7. The van der Waals surface area contributed by atoms with Gasteiger partial charge < -0.3 is 4.74 Å². The first-order valence-electron chi connectivity index (χ1n) is 12.2. The quantitative estimate of drug-likeness (QED) is 0.385. The summed E-state index contributed by atoms with van der Waals surface area (Å²) >= 11 is 0. The second-order valence-corrected chi connectivity index (χ2v) is 11.5. The van der Waals surface area contributed by atoms with Crippen molar-refractivity contribution in [3.63, 3.8) is 0 Å². The minimum Gasteiger partial charge on any atom is -0.488 e. The number of benzene rings is 3. The monoisotopic (exact) mass is 515 g/mol. The molecule has 0 aliphatic carbocycles. The molecule has 1 aliphatic rings. The van der Waals surface area contributed by atoms with E-state index in [1.807, 2.05) is 58.2 Å². The Morgan fingerprint density at radius 3 is 2.73 bits per heavy atom. The molecule has 0 spiro atoms. The normalized spacial score (nSPS) is 18.0. The maximum absolute atomic E-state index is 13.6. The summed E-state index contributed by atoms with van der Waals surface area (Å²) in [6.45, 7) is 6.32. The van der Waals surface area contributed by atoms with Gasteiger partial charge in [-0.25, -0.2) is 13.1 Å². The fraction of sp³-hybridized carbons (Fsp3) is 0.321. The molecule has 8 nitrogen and oxygen atoms in total. The average molecular weight is 516 g/mol. The van der Waals surface area contributed by atoms with Gasteiger partial charge in [-0.2, -0.15) is 9.57 Å². The van der Waals surface area contributed by atoms with Crippen molar-refractivity contribution in [3.05, 3.63) is 82.4 Å². The van der Waals surface area contributed by atoms with Crippen molar-refractivity contribution < 1.29 is 13.2 Å². The number of sulfonamides is 1. The fourth-order valence-corrected chi connectivity index (χ4v) is 6.70. The summed E-state index contributed by atoms with van der Waals surface area (Å²) in [6.07, 6.45) is -0.00958. The van der Waals surface area contributed by atoms with Gasteiger partial charge in [-0.3, -0.25) is 0 Å². The Morgan fingerprint density at radius 1 is 1.16 bits per heavy atom. The van der Waals surface area contributed by atoms with Gasteiger partial charge >= 0.3 is 0 Å². The molecule has 190 valence electrons. The number of nitrogens with zero attached hydrogens (tertiary/aromatic N) is 5. The van der Waals surface area contributed by atoms with Crippen LogP contribution in [0.4, 0.5) is 0 Å². The molecule has 0 N–H and O–H groups in total. The zero-order chi connectivity index (χ0) is 26.3. The summed E-state index contributed by atoms with van der Waals surface area (Å²) in [4.78, 5) is 0.184. The van der Waals surface area contributed by atoms with Crippen LogP contribution >= 0.6 is 0 Å². The molecule has 1 unspecified atom stereocenters. The van der Waals surface area contributed by atoms with Crippen LogP contribution in [0, 0.1) is 25.2 Å². The summed E-state index contributed by atoms with van der Waals surface area (Å²) < 4.78 is 36.3. The van der Waals surface area contributed by atoms with E-state index in [4.69, 9.17) is 4.74 Å². The van der Waals surface area contributed by atoms with E-state index in [-0.39, 0.29) is 36.4 Å². The maximum atomic E-state index is 13.6. The number of hydrogen-bond donors (Lipinski definition) is 0. The largest absolute Gasteiger partial charge is 0.488 e. The van der Waals surface area contributed by atoms with Gasteiger partial charge in [0.15, 0.2) is 0 Å². The van der Waals surface area contributed by atoms with Crippen LogP contribution in [0.25, 0.3) is 11.0 Å². The predicted octanol–water partition coefficient (Wildman–Crippen LogP) is 4.60. The molecule has 0 radical (unpaired) electrons. The molecule has 1 aromatic heterocycles. The van der Waals surface area contributed by atoms with Crippen LogP contribution in [0.1, 0.15) is 47.1 Å². The highest BCUT2D eigenvalue weighted by atomic mass is 32.2. The van der Waals surface area contributed by atoms with Gasteiger partial charge in [-0.1, -0.05) is 41.6 Å². The van der Waals surface area contributed by atoms with Crippen molar-refractivity contribution in [1.29, 1.82) is 5.26 Å². The van der Waals surface area contributed by atoms with Crippen molar-refractivity contribution >= 4 is 21.1 Å². The van der Waals surface area contributed by atoms with Gasteiger partial charge in [0, 0.05) is 25.9 Å². The van der Waals surface area contributed by atoms with Gasteiger partial charge in [0.2, 0.25) is 10.0 Å². The van der Waals surface area contributed by atoms with Crippen molar-refractivity contribution in [2.45, 2.75) is 50.7 Å². The van der Waals surface area contributed by atoms with Gasteiger partial charge in [0.25, 0.3) is 0 Å². The molecule has 0 saturated heterocycles. The highest BCUT2D eigenvalue weighted by molar-refractivity contribution is 7.89. The zero-order valence-corrected chi connectivity index (χ0v) is 22.2. The molecule has 0 amide bonds. The molecule has 3 aromatic carbocycles. The SMILES string of the molecule is Cc1ccc(C(CC#N)c2ccc3c(nnn3C)c2C)cc1CN1C[C@@H](C)Oc2ccccc2S1(=O)=O. The molecule has 0 fully saturated rings. The highest BCUT2D eigenvalue weighted by Crippen LogP contribution is 2.35. The van der Waals surface area contributed by atoms with Crippen LogP contribution < -0.4 is 4.74 Å². The molecule has 1 aliphatic heterocycles. The molecule has 0 bridgehead atoms. The Bertz CT molecular complexity index is 1640. The molecule has 5 rings (SSSR count). The maximum Gasteiger partial charge on any atom is 0.247 e. The first kappa shape index (κ1) is 24.9. The first-order chi connectivity index (χ1) is 17.7. The lowest BCUT2D eigenvalue weighted by atomic mass is 9.84. The molecule has 9 heteroatoms. The van der Waals surface area contributed by atoms with E-state index in [1.54, 1.807) is 28.9 Å². The molecule has 0 saturated carbocycles. The Balaban J connectivity index is 1.54. The van der Waals surface area contributed by atoms with E-state index < -0.39 is 10.0 Å². The van der Waals surface area contributed by atoms with E-state index in [9.17, 15) is 13.7 Å². The summed E-state index contributed by atoms with van der Waals surface area (Å²) in [5.41, 5.74) is 6.61. The number of aryl methyl sites for hydroxylation is 3. The third-order valence-electron chi connectivity index (χ3n) is 7.13. The van der Waals surface area contributed by atoms with Crippen LogP contribution in [0.15, 0.2) is 59.5 Å². The van der Waals surface area contributed by atoms with Gasteiger partial charge in [0.1, 0.15) is 22.3 Å². The molecule has 2 heterocycles. The molecular formula is C28H29N5O3S. The minimum absolute atomic E-state index is 0.181. The topological polar surface area (TPSA) is 101 Å². The van der Waals surface area contributed by atoms with Gasteiger partial charge in [-0.15, -0.1) is 5.10 Å². The van der Waals surface area contributed by atoms with Crippen molar-refractivity contribution in [1.82, 2.24) is 19.3 Å². The number of ether oxygens (including phenoxy) is 1.